The molecule has 2 bridgehead atoms. The number of hydrogen-bond donors (Lipinski definition) is 1. The third-order valence-electron chi connectivity index (χ3n) is 5.06. The first kappa shape index (κ1) is 14.7. The maximum absolute atomic E-state index is 11.4. The van der Waals surface area contributed by atoms with E-state index in [-0.39, 0.29) is 6.09 Å². The quantitative estimate of drug-likeness (QED) is 0.837. The Hall–Kier alpha value is -0.730. The maximum Gasteiger partial charge on any atom is 0.407 e. The molecule has 0 aromatic carbocycles. The van der Waals surface area contributed by atoms with Gasteiger partial charge >= 0.3 is 6.09 Å². The minimum atomic E-state index is -0.259. The zero-order chi connectivity index (χ0) is 13.7. The minimum absolute atomic E-state index is 0.259. The van der Waals surface area contributed by atoms with Gasteiger partial charge in [-0.1, -0.05) is 39.0 Å². The fraction of sp³-hybridized carbons (Fsp3) is 0.938. The molecule has 0 saturated heterocycles. The molecule has 1 amide bonds. The third kappa shape index (κ3) is 4.12. The molecule has 1 N–H and O–H groups in total. The summed E-state index contributed by atoms with van der Waals surface area (Å²) in [5.41, 5.74) is 0. The largest absolute Gasteiger partial charge is 0.449 e. The van der Waals surface area contributed by atoms with E-state index in [0.717, 1.165) is 17.8 Å². The van der Waals surface area contributed by atoms with Gasteiger partial charge in [0.15, 0.2) is 0 Å². The van der Waals surface area contributed by atoms with Crippen molar-refractivity contribution in [2.24, 2.45) is 23.7 Å². The molecule has 3 heteroatoms. The Morgan fingerprint density at radius 3 is 2.84 bits per heavy atom. The number of hydrogen-bond acceptors (Lipinski definition) is 2. The van der Waals surface area contributed by atoms with Crippen LogP contribution in [0.25, 0.3) is 0 Å². The molecular formula is C16H29NO2. The average Bonchev–Trinajstić information content (AvgIpc) is 2.79. The minimum Gasteiger partial charge on any atom is -0.449 e. The Bertz CT molecular complexity index is 292. The molecule has 2 fully saturated rings. The molecule has 0 aromatic rings. The predicted octanol–water partition coefficient (Wildman–Crippen LogP) is 3.98. The van der Waals surface area contributed by atoms with E-state index in [0.29, 0.717) is 19.1 Å². The summed E-state index contributed by atoms with van der Waals surface area (Å²) in [5.74, 6) is 3.12. The molecular weight excluding hydrogens is 238 g/mol. The summed E-state index contributed by atoms with van der Waals surface area (Å²) >= 11 is 0. The molecule has 0 spiro atoms. The molecule has 0 aliphatic heterocycles. The van der Waals surface area contributed by atoms with Crippen LogP contribution in [0.1, 0.15) is 58.8 Å². The standard InChI is InChI=1S/C16H29NO2/c1-3-17-16(18)19-11-12(2)15-10-13-7-5-4-6-8-14(15)9-13/h12-15H,3-11H2,1-2H3,(H,17,18)/t12-,13?,14?,15?/m0/s1. The number of carbonyl (C=O) groups is 1. The summed E-state index contributed by atoms with van der Waals surface area (Å²) in [4.78, 5) is 11.4. The summed E-state index contributed by atoms with van der Waals surface area (Å²) in [6, 6.07) is 0. The van der Waals surface area contributed by atoms with Crippen LogP contribution in [0.3, 0.4) is 0 Å². The lowest BCUT2D eigenvalue weighted by atomic mass is 9.82. The smallest absolute Gasteiger partial charge is 0.407 e. The van der Waals surface area contributed by atoms with E-state index in [2.05, 4.69) is 12.2 Å². The fourth-order valence-electron chi connectivity index (χ4n) is 4.08. The summed E-state index contributed by atoms with van der Waals surface area (Å²) in [6.07, 6.45) is 9.60. The van der Waals surface area contributed by atoms with E-state index >= 15 is 0 Å². The number of ether oxygens (including phenoxy) is 1. The van der Waals surface area contributed by atoms with Gasteiger partial charge in [0.25, 0.3) is 0 Å². The van der Waals surface area contributed by atoms with Gasteiger partial charge in [-0.25, -0.2) is 4.79 Å². The lowest BCUT2D eigenvalue weighted by Gasteiger charge is -2.25. The topological polar surface area (TPSA) is 38.3 Å². The van der Waals surface area contributed by atoms with Crippen LogP contribution in [0.15, 0.2) is 0 Å². The highest BCUT2D eigenvalue weighted by Gasteiger charge is 2.37. The van der Waals surface area contributed by atoms with Crippen LogP contribution in [0.5, 0.6) is 0 Å². The number of amides is 1. The monoisotopic (exact) mass is 267 g/mol. The van der Waals surface area contributed by atoms with Crippen molar-refractivity contribution in [3.8, 4) is 0 Å². The summed E-state index contributed by atoms with van der Waals surface area (Å²) in [7, 11) is 0. The van der Waals surface area contributed by atoms with Crippen LogP contribution in [-0.4, -0.2) is 19.2 Å². The van der Waals surface area contributed by atoms with Gasteiger partial charge < -0.3 is 10.1 Å². The van der Waals surface area contributed by atoms with Gasteiger partial charge in [0.2, 0.25) is 0 Å². The first-order valence-electron chi connectivity index (χ1n) is 8.11. The van der Waals surface area contributed by atoms with Crippen LogP contribution in [-0.2, 0) is 4.74 Å². The zero-order valence-electron chi connectivity index (χ0n) is 12.5. The Labute approximate surface area is 117 Å². The predicted molar refractivity (Wildman–Crippen MR) is 77.0 cm³/mol. The van der Waals surface area contributed by atoms with Gasteiger partial charge in [0.05, 0.1) is 6.61 Å². The van der Waals surface area contributed by atoms with E-state index in [9.17, 15) is 4.79 Å². The van der Waals surface area contributed by atoms with Crippen molar-refractivity contribution < 1.29 is 9.53 Å². The number of alkyl carbamates (subject to hydrolysis) is 1. The van der Waals surface area contributed by atoms with Crippen molar-refractivity contribution in [2.45, 2.75) is 58.8 Å². The molecule has 2 aliphatic carbocycles. The van der Waals surface area contributed by atoms with Crippen molar-refractivity contribution in [3.05, 3.63) is 0 Å². The normalized spacial score (nSPS) is 32.2. The van der Waals surface area contributed by atoms with Gasteiger partial charge in [0, 0.05) is 6.54 Å². The third-order valence-corrected chi connectivity index (χ3v) is 5.06. The lowest BCUT2D eigenvalue weighted by Crippen LogP contribution is -2.28. The Morgan fingerprint density at radius 2 is 2.05 bits per heavy atom. The van der Waals surface area contributed by atoms with Crippen molar-refractivity contribution in [1.82, 2.24) is 5.32 Å². The van der Waals surface area contributed by atoms with E-state index in [4.69, 9.17) is 4.74 Å². The van der Waals surface area contributed by atoms with E-state index in [1.165, 1.54) is 44.9 Å². The summed E-state index contributed by atoms with van der Waals surface area (Å²) in [5, 5.41) is 2.70. The molecule has 3 unspecified atom stereocenters. The second-order valence-corrected chi connectivity index (χ2v) is 6.51. The van der Waals surface area contributed by atoms with Gasteiger partial charge in [-0.3, -0.25) is 0 Å². The summed E-state index contributed by atoms with van der Waals surface area (Å²) in [6.45, 7) is 5.40. The average molecular weight is 267 g/mol. The molecule has 4 atom stereocenters. The van der Waals surface area contributed by atoms with Crippen molar-refractivity contribution in [3.63, 3.8) is 0 Å². The summed E-state index contributed by atoms with van der Waals surface area (Å²) < 4.78 is 5.32. The Kier molecular flexibility index (Phi) is 5.53. The van der Waals surface area contributed by atoms with Gasteiger partial charge in [0.1, 0.15) is 0 Å². The Balaban J connectivity index is 1.81. The first-order chi connectivity index (χ1) is 9.20. The number of carbonyl (C=O) groups excluding carboxylic acids is 1. The van der Waals surface area contributed by atoms with Crippen LogP contribution >= 0.6 is 0 Å². The van der Waals surface area contributed by atoms with Crippen LogP contribution in [0, 0.1) is 23.7 Å². The second kappa shape index (κ2) is 7.16. The van der Waals surface area contributed by atoms with Gasteiger partial charge in [-0.05, 0) is 43.4 Å². The molecule has 0 heterocycles. The first-order valence-corrected chi connectivity index (χ1v) is 8.11. The molecule has 2 aliphatic rings. The van der Waals surface area contributed by atoms with Gasteiger partial charge in [-0.15, -0.1) is 0 Å². The second-order valence-electron chi connectivity index (χ2n) is 6.51. The van der Waals surface area contributed by atoms with Crippen molar-refractivity contribution in [2.75, 3.05) is 13.2 Å². The molecule has 19 heavy (non-hydrogen) atoms. The van der Waals surface area contributed by atoms with Crippen LogP contribution in [0.4, 0.5) is 4.79 Å². The molecule has 2 saturated carbocycles. The highest BCUT2D eigenvalue weighted by atomic mass is 16.5. The molecule has 110 valence electrons. The van der Waals surface area contributed by atoms with Crippen molar-refractivity contribution in [1.29, 1.82) is 0 Å². The van der Waals surface area contributed by atoms with Crippen molar-refractivity contribution >= 4 is 6.09 Å². The van der Waals surface area contributed by atoms with Gasteiger partial charge in [-0.2, -0.15) is 0 Å². The maximum atomic E-state index is 11.4. The molecule has 0 radical (unpaired) electrons. The van der Waals surface area contributed by atoms with Crippen LogP contribution < -0.4 is 5.32 Å². The number of rotatable bonds is 4. The fourth-order valence-corrected chi connectivity index (χ4v) is 4.08. The number of nitrogens with one attached hydrogen (secondary N) is 1. The zero-order valence-corrected chi connectivity index (χ0v) is 12.5. The highest BCUT2D eigenvalue weighted by Crippen LogP contribution is 2.46. The van der Waals surface area contributed by atoms with E-state index in [1.54, 1.807) is 0 Å². The SMILES string of the molecule is CCNC(=O)OC[C@H](C)C1CC2CCCCCC1C2. The highest BCUT2D eigenvalue weighted by molar-refractivity contribution is 5.66. The van der Waals surface area contributed by atoms with E-state index < -0.39 is 0 Å². The van der Waals surface area contributed by atoms with Crippen LogP contribution in [0.2, 0.25) is 0 Å². The Morgan fingerprint density at radius 1 is 1.26 bits per heavy atom. The number of fused-ring (bicyclic) bond motifs is 2. The van der Waals surface area contributed by atoms with E-state index in [1.807, 2.05) is 6.92 Å². The lowest BCUT2D eigenvalue weighted by molar-refractivity contribution is 0.105. The molecule has 3 nitrogen and oxygen atoms in total. The molecule has 2 rings (SSSR count). The molecule has 0 aromatic heterocycles.